The molecule has 21 heavy (non-hydrogen) atoms. The maximum atomic E-state index is 12.2. The van der Waals surface area contributed by atoms with Gasteiger partial charge in [0, 0.05) is 6.04 Å². The van der Waals surface area contributed by atoms with E-state index >= 15 is 0 Å². The minimum absolute atomic E-state index is 0.230. The Balaban J connectivity index is 2.96. The highest BCUT2D eigenvalue weighted by atomic mass is 16.6. The molecule has 1 saturated heterocycles. The van der Waals surface area contributed by atoms with Crippen molar-refractivity contribution in [3.05, 3.63) is 12.7 Å². The second kappa shape index (κ2) is 6.74. The highest BCUT2D eigenvalue weighted by Crippen LogP contribution is 2.29. The van der Waals surface area contributed by atoms with Crippen molar-refractivity contribution < 1.29 is 23.9 Å². The summed E-state index contributed by atoms with van der Waals surface area (Å²) in [6, 6.07) is -0.979. The van der Waals surface area contributed by atoms with Crippen LogP contribution in [0.25, 0.3) is 0 Å². The number of nitrogens with zero attached hydrogens (tertiary/aromatic N) is 1. The van der Waals surface area contributed by atoms with Crippen molar-refractivity contribution in [1.82, 2.24) is 4.90 Å². The molecule has 1 heterocycles. The van der Waals surface area contributed by atoms with Gasteiger partial charge in [0.25, 0.3) is 0 Å². The van der Waals surface area contributed by atoms with Crippen LogP contribution in [-0.2, 0) is 23.9 Å². The van der Waals surface area contributed by atoms with Crippen molar-refractivity contribution >= 4 is 17.8 Å². The van der Waals surface area contributed by atoms with Gasteiger partial charge >= 0.3 is 17.8 Å². The summed E-state index contributed by atoms with van der Waals surface area (Å²) in [5.74, 6) is -2.27. The van der Waals surface area contributed by atoms with Crippen LogP contribution in [0.2, 0.25) is 0 Å². The van der Waals surface area contributed by atoms with Gasteiger partial charge in [-0.2, -0.15) is 0 Å². The van der Waals surface area contributed by atoms with Gasteiger partial charge in [0.1, 0.15) is 11.6 Å². The molecule has 0 saturated carbocycles. The molecule has 6 heteroatoms. The summed E-state index contributed by atoms with van der Waals surface area (Å²) in [5.41, 5.74) is -0.645. The molecular formula is C15H23NO5. The molecule has 2 atom stereocenters. The standard InChI is InChI=1S/C15H23NO5/c1-6-7-10-8-9-11(13(18)21-15(2,3)4)16(10)12(17)14(19)20-5/h6,10-11H,1,7-9H2,2-5H3/t10-,11-/m0/s1. The smallest absolute Gasteiger partial charge is 0.396 e. The number of carbonyl (C=O) groups excluding carboxylic acids is 3. The Hall–Kier alpha value is -1.85. The zero-order valence-electron chi connectivity index (χ0n) is 13.0. The van der Waals surface area contributed by atoms with E-state index in [1.54, 1.807) is 26.8 Å². The van der Waals surface area contributed by atoms with Gasteiger partial charge in [0.2, 0.25) is 0 Å². The third kappa shape index (κ3) is 4.31. The number of esters is 2. The van der Waals surface area contributed by atoms with Crippen LogP contribution in [0, 0.1) is 0 Å². The van der Waals surface area contributed by atoms with Crippen LogP contribution >= 0.6 is 0 Å². The van der Waals surface area contributed by atoms with Gasteiger partial charge in [-0.05, 0) is 40.0 Å². The number of hydrogen-bond acceptors (Lipinski definition) is 5. The predicted octanol–water partition coefficient (Wildman–Crippen LogP) is 1.44. The first-order chi connectivity index (χ1) is 9.71. The Bertz CT molecular complexity index is 438. The fourth-order valence-electron chi connectivity index (χ4n) is 2.41. The van der Waals surface area contributed by atoms with Crippen LogP contribution in [0.1, 0.15) is 40.0 Å². The van der Waals surface area contributed by atoms with Crippen LogP contribution in [0.4, 0.5) is 0 Å². The SMILES string of the molecule is C=CC[C@H]1CC[C@@H](C(=O)OC(C)(C)C)N1C(=O)C(=O)OC. The topological polar surface area (TPSA) is 72.9 Å². The molecular weight excluding hydrogens is 274 g/mol. The molecule has 0 N–H and O–H groups in total. The van der Waals surface area contributed by atoms with Gasteiger partial charge in [-0.25, -0.2) is 9.59 Å². The van der Waals surface area contributed by atoms with Crippen LogP contribution in [0.15, 0.2) is 12.7 Å². The lowest BCUT2D eigenvalue weighted by atomic mass is 10.1. The largest absolute Gasteiger partial charge is 0.462 e. The van der Waals surface area contributed by atoms with Gasteiger partial charge in [-0.1, -0.05) is 6.08 Å². The van der Waals surface area contributed by atoms with E-state index in [4.69, 9.17) is 4.74 Å². The highest BCUT2D eigenvalue weighted by molar-refractivity contribution is 6.32. The fraction of sp³-hybridized carbons (Fsp3) is 0.667. The van der Waals surface area contributed by atoms with Crippen LogP contribution in [0.5, 0.6) is 0 Å². The molecule has 6 nitrogen and oxygen atoms in total. The Kier molecular flexibility index (Phi) is 5.52. The van der Waals surface area contributed by atoms with Crippen LogP contribution in [0.3, 0.4) is 0 Å². The van der Waals surface area contributed by atoms with E-state index in [9.17, 15) is 14.4 Å². The number of hydrogen-bond donors (Lipinski definition) is 0. The molecule has 0 aromatic carbocycles. The molecule has 0 radical (unpaired) electrons. The number of rotatable bonds is 3. The Labute approximate surface area is 125 Å². The number of methoxy groups -OCH3 is 1. The Morgan fingerprint density at radius 2 is 1.90 bits per heavy atom. The van der Waals surface area contributed by atoms with Gasteiger partial charge in [0.15, 0.2) is 0 Å². The quantitative estimate of drug-likeness (QED) is 0.448. The summed E-state index contributed by atoms with van der Waals surface area (Å²) in [5, 5.41) is 0. The Morgan fingerprint density at radius 3 is 2.38 bits per heavy atom. The lowest BCUT2D eigenvalue weighted by Crippen LogP contribution is -2.49. The molecule has 1 aliphatic heterocycles. The summed E-state index contributed by atoms with van der Waals surface area (Å²) >= 11 is 0. The van der Waals surface area contributed by atoms with E-state index in [1.807, 2.05) is 0 Å². The molecule has 0 aromatic rings. The minimum Gasteiger partial charge on any atom is -0.462 e. The molecule has 0 unspecified atom stereocenters. The minimum atomic E-state index is -0.973. The summed E-state index contributed by atoms with van der Waals surface area (Å²) in [7, 11) is 1.14. The normalized spacial score (nSPS) is 21.8. The second-order valence-corrected chi connectivity index (χ2v) is 6.01. The lowest BCUT2D eigenvalue weighted by Gasteiger charge is -2.30. The first kappa shape index (κ1) is 17.2. The van der Waals surface area contributed by atoms with Crippen molar-refractivity contribution in [2.45, 2.75) is 57.7 Å². The van der Waals surface area contributed by atoms with Gasteiger partial charge < -0.3 is 14.4 Å². The number of ether oxygens (including phenoxy) is 2. The average molecular weight is 297 g/mol. The molecule has 1 aliphatic rings. The van der Waals surface area contributed by atoms with Crippen LogP contribution in [-0.4, -0.2) is 47.5 Å². The molecule has 1 rings (SSSR count). The molecule has 0 spiro atoms. The molecule has 0 aromatic heterocycles. The van der Waals surface area contributed by atoms with E-state index < -0.39 is 29.5 Å². The zero-order chi connectivity index (χ0) is 16.2. The van der Waals surface area contributed by atoms with Gasteiger partial charge in [-0.3, -0.25) is 4.79 Å². The summed E-state index contributed by atoms with van der Waals surface area (Å²) < 4.78 is 9.80. The maximum absolute atomic E-state index is 12.2. The van der Waals surface area contributed by atoms with Crippen molar-refractivity contribution in [2.75, 3.05) is 7.11 Å². The van der Waals surface area contributed by atoms with Gasteiger partial charge in [0.05, 0.1) is 7.11 Å². The third-order valence-corrected chi connectivity index (χ3v) is 3.21. The van der Waals surface area contributed by atoms with E-state index in [1.165, 1.54) is 4.90 Å². The van der Waals surface area contributed by atoms with Crippen molar-refractivity contribution in [2.24, 2.45) is 0 Å². The van der Waals surface area contributed by atoms with Crippen molar-refractivity contribution in [1.29, 1.82) is 0 Å². The second-order valence-electron chi connectivity index (χ2n) is 6.01. The molecule has 1 fully saturated rings. The molecule has 0 bridgehead atoms. The Morgan fingerprint density at radius 1 is 1.29 bits per heavy atom. The van der Waals surface area contributed by atoms with E-state index in [0.29, 0.717) is 19.3 Å². The van der Waals surface area contributed by atoms with E-state index in [0.717, 1.165) is 7.11 Å². The average Bonchev–Trinajstić information content (AvgIpc) is 2.79. The highest BCUT2D eigenvalue weighted by Gasteiger charge is 2.44. The monoisotopic (exact) mass is 297 g/mol. The third-order valence-electron chi connectivity index (χ3n) is 3.21. The van der Waals surface area contributed by atoms with Crippen molar-refractivity contribution in [3.8, 4) is 0 Å². The zero-order valence-corrected chi connectivity index (χ0v) is 13.0. The lowest BCUT2D eigenvalue weighted by molar-refractivity contribution is -0.168. The number of amides is 1. The van der Waals surface area contributed by atoms with Gasteiger partial charge in [-0.15, -0.1) is 6.58 Å². The summed E-state index contributed by atoms with van der Waals surface area (Å²) in [6.07, 6.45) is 3.27. The number of carbonyl (C=O) groups is 3. The fourth-order valence-corrected chi connectivity index (χ4v) is 2.41. The molecule has 118 valence electrons. The van der Waals surface area contributed by atoms with E-state index in [-0.39, 0.29) is 6.04 Å². The van der Waals surface area contributed by atoms with E-state index in [2.05, 4.69) is 11.3 Å². The maximum Gasteiger partial charge on any atom is 0.396 e. The first-order valence-electron chi connectivity index (χ1n) is 6.95. The summed E-state index contributed by atoms with van der Waals surface area (Å²) in [6.45, 7) is 8.91. The molecule has 0 aliphatic carbocycles. The summed E-state index contributed by atoms with van der Waals surface area (Å²) in [4.78, 5) is 37.2. The van der Waals surface area contributed by atoms with Crippen molar-refractivity contribution in [3.63, 3.8) is 0 Å². The molecule has 1 amide bonds. The van der Waals surface area contributed by atoms with Crippen LogP contribution < -0.4 is 0 Å². The predicted molar refractivity (Wildman–Crippen MR) is 76.3 cm³/mol. The number of likely N-dealkylation sites (tertiary alicyclic amines) is 1. The first-order valence-corrected chi connectivity index (χ1v) is 6.95.